The molecule has 0 atom stereocenters. The lowest BCUT2D eigenvalue weighted by Crippen LogP contribution is -2.36. The molecule has 0 radical (unpaired) electrons. The van der Waals surface area contributed by atoms with E-state index in [-0.39, 0.29) is 0 Å². The lowest BCUT2D eigenvalue weighted by atomic mass is 9.89. The predicted octanol–water partition coefficient (Wildman–Crippen LogP) is 5.98. The van der Waals surface area contributed by atoms with Gasteiger partial charge in [-0.15, -0.1) is 0 Å². The van der Waals surface area contributed by atoms with E-state index in [1.54, 1.807) is 0 Å². The summed E-state index contributed by atoms with van der Waals surface area (Å²) in [5.74, 6) is 0. The number of unbranched alkanes of at least 4 members (excludes halogenated alkanes) is 1. The number of halogens is 1. The molecule has 0 aliphatic heterocycles. The second kappa shape index (κ2) is 8.29. The summed E-state index contributed by atoms with van der Waals surface area (Å²) in [5.41, 5.74) is -0.645. The Morgan fingerprint density at radius 1 is 0.591 bits per heavy atom. The van der Waals surface area contributed by atoms with Crippen LogP contribution in [0.15, 0.2) is 0 Å². The SMILES string of the molecule is CC(C)(C)CCCCC(Cl)(OOC(C)(C)C)OOC(C)(C)C. The minimum absolute atomic E-state index is 0.306. The minimum Gasteiger partial charge on any atom is -0.227 e. The largest absolute Gasteiger partial charge is 0.307 e. The first-order chi connectivity index (χ1) is 9.62. The molecule has 0 saturated heterocycles. The normalized spacial score (nSPS) is 14.5. The molecule has 22 heavy (non-hydrogen) atoms. The minimum atomic E-state index is -1.43. The highest BCUT2D eigenvalue weighted by molar-refractivity contribution is 6.21. The van der Waals surface area contributed by atoms with Gasteiger partial charge in [0, 0.05) is 6.42 Å². The van der Waals surface area contributed by atoms with Gasteiger partial charge in [0.1, 0.15) is 0 Å². The molecule has 5 heteroatoms. The van der Waals surface area contributed by atoms with E-state index in [0.29, 0.717) is 11.8 Å². The van der Waals surface area contributed by atoms with Crippen molar-refractivity contribution in [2.24, 2.45) is 5.41 Å². The van der Waals surface area contributed by atoms with E-state index in [4.69, 9.17) is 31.2 Å². The summed E-state index contributed by atoms with van der Waals surface area (Å²) < 4.78 is 0. The van der Waals surface area contributed by atoms with E-state index in [2.05, 4.69) is 20.8 Å². The molecule has 0 aliphatic carbocycles. The fourth-order valence-electron chi connectivity index (χ4n) is 1.46. The van der Waals surface area contributed by atoms with Crippen LogP contribution in [0.25, 0.3) is 0 Å². The van der Waals surface area contributed by atoms with Crippen molar-refractivity contribution in [2.45, 2.75) is 104 Å². The van der Waals surface area contributed by atoms with Crippen LogP contribution >= 0.6 is 11.6 Å². The van der Waals surface area contributed by atoms with Gasteiger partial charge in [0.05, 0.1) is 11.2 Å². The molecule has 0 aromatic heterocycles. The standard InChI is InChI=1S/C17H35ClO4/c1-14(2,3)12-10-11-13-17(18,21-19-15(4,5)6)22-20-16(7,8)9/h10-13H2,1-9H3. The van der Waals surface area contributed by atoms with Crippen LogP contribution in [0.5, 0.6) is 0 Å². The van der Waals surface area contributed by atoms with Crippen LogP contribution in [0.4, 0.5) is 0 Å². The molecule has 4 nitrogen and oxygen atoms in total. The van der Waals surface area contributed by atoms with Crippen molar-refractivity contribution in [3.8, 4) is 0 Å². The van der Waals surface area contributed by atoms with Crippen molar-refractivity contribution in [1.82, 2.24) is 0 Å². The molecular weight excluding hydrogens is 304 g/mol. The van der Waals surface area contributed by atoms with E-state index >= 15 is 0 Å². The maximum atomic E-state index is 6.41. The van der Waals surface area contributed by atoms with Crippen LogP contribution in [0.1, 0.15) is 88.0 Å². The molecule has 0 bridgehead atoms. The highest BCUT2D eigenvalue weighted by Gasteiger charge is 2.36. The van der Waals surface area contributed by atoms with Gasteiger partial charge in [-0.25, -0.2) is 9.78 Å². The Morgan fingerprint density at radius 3 is 1.27 bits per heavy atom. The molecule has 0 rings (SSSR count). The third kappa shape index (κ3) is 13.8. The smallest absolute Gasteiger partial charge is 0.227 e. The molecule has 0 spiro atoms. The van der Waals surface area contributed by atoms with Crippen molar-refractivity contribution in [3.05, 3.63) is 0 Å². The molecule has 134 valence electrons. The van der Waals surface area contributed by atoms with Crippen LogP contribution in [-0.4, -0.2) is 16.4 Å². The van der Waals surface area contributed by atoms with Crippen LogP contribution in [0.2, 0.25) is 0 Å². The number of hydrogen-bond donors (Lipinski definition) is 0. The zero-order valence-electron chi connectivity index (χ0n) is 15.8. The van der Waals surface area contributed by atoms with Crippen molar-refractivity contribution < 1.29 is 19.6 Å². The maximum absolute atomic E-state index is 6.41. The third-order valence-corrected chi connectivity index (χ3v) is 2.80. The van der Waals surface area contributed by atoms with Crippen molar-refractivity contribution >= 4 is 11.6 Å². The zero-order valence-corrected chi connectivity index (χ0v) is 16.6. The number of hydrogen-bond acceptors (Lipinski definition) is 4. The van der Waals surface area contributed by atoms with E-state index in [0.717, 1.165) is 19.3 Å². The van der Waals surface area contributed by atoms with Crippen LogP contribution in [0, 0.1) is 5.41 Å². The molecule has 0 amide bonds. The van der Waals surface area contributed by atoms with Gasteiger partial charge in [0.2, 0.25) is 0 Å². The Kier molecular flexibility index (Phi) is 8.34. The van der Waals surface area contributed by atoms with Gasteiger partial charge < -0.3 is 0 Å². The highest BCUT2D eigenvalue weighted by atomic mass is 35.5. The lowest BCUT2D eigenvalue weighted by Gasteiger charge is -2.31. The second-order valence-corrected chi connectivity index (χ2v) is 9.56. The Labute approximate surface area is 141 Å². The van der Waals surface area contributed by atoms with Crippen molar-refractivity contribution in [2.75, 3.05) is 0 Å². The monoisotopic (exact) mass is 338 g/mol. The van der Waals surface area contributed by atoms with Gasteiger partial charge >= 0.3 is 5.25 Å². The van der Waals surface area contributed by atoms with Gasteiger partial charge in [0.15, 0.2) is 0 Å². The maximum Gasteiger partial charge on any atom is 0.307 e. The molecule has 0 unspecified atom stereocenters. The van der Waals surface area contributed by atoms with Gasteiger partial charge in [-0.2, -0.15) is 9.78 Å². The van der Waals surface area contributed by atoms with Crippen LogP contribution in [-0.2, 0) is 19.6 Å². The lowest BCUT2D eigenvalue weighted by molar-refractivity contribution is -0.515. The second-order valence-electron chi connectivity index (χ2n) is 8.99. The van der Waals surface area contributed by atoms with Crippen molar-refractivity contribution in [3.63, 3.8) is 0 Å². The summed E-state index contributed by atoms with van der Waals surface area (Å²) in [4.78, 5) is 21.3. The number of rotatable bonds is 8. The molecule has 0 aromatic rings. The summed E-state index contributed by atoms with van der Waals surface area (Å²) in [5, 5.41) is -1.43. The van der Waals surface area contributed by atoms with E-state index in [9.17, 15) is 0 Å². The average molecular weight is 339 g/mol. The first-order valence-corrected chi connectivity index (χ1v) is 8.42. The Hall–Kier alpha value is 0.130. The predicted molar refractivity (Wildman–Crippen MR) is 90.4 cm³/mol. The van der Waals surface area contributed by atoms with Gasteiger partial charge in [-0.1, -0.05) is 38.8 Å². The summed E-state index contributed by atoms with van der Waals surface area (Å²) in [6, 6.07) is 0. The molecule has 0 aromatic carbocycles. The molecule has 0 saturated carbocycles. The Balaban J connectivity index is 4.50. The fourth-order valence-corrected chi connectivity index (χ4v) is 1.66. The van der Waals surface area contributed by atoms with E-state index < -0.39 is 16.4 Å². The van der Waals surface area contributed by atoms with Gasteiger partial charge in [-0.3, -0.25) is 0 Å². The molecular formula is C17H35ClO4. The topological polar surface area (TPSA) is 36.9 Å². The first-order valence-electron chi connectivity index (χ1n) is 8.05. The highest BCUT2D eigenvalue weighted by Crippen LogP contribution is 2.32. The first kappa shape index (κ1) is 22.1. The van der Waals surface area contributed by atoms with E-state index in [1.807, 2.05) is 41.5 Å². The zero-order chi connectivity index (χ0) is 17.7. The van der Waals surface area contributed by atoms with Crippen molar-refractivity contribution in [1.29, 1.82) is 0 Å². The molecule has 0 heterocycles. The van der Waals surface area contributed by atoms with Gasteiger partial charge in [-0.05, 0) is 59.8 Å². The Morgan fingerprint density at radius 2 is 0.955 bits per heavy atom. The third-order valence-electron chi connectivity index (χ3n) is 2.48. The summed E-state index contributed by atoms with van der Waals surface area (Å²) in [6.07, 6.45) is 3.49. The van der Waals surface area contributed by atoms with Gasteiger partial charge in [0.25, 0.3) is 0 Å². The summed E-state index contributed by atoms with van der Waals surface area (Å²) >= 11 is 6.41. The summed E-state index contributed by atoms with van der Waals surface area (Å²) in [7, 11) is 0. The van der Waals surface area contributed by atoms with Crippen LogP contribution in [0.3, 0.4) is 0 Å². The average Bonchev–Trinajstić information content (AvgIpc) is 2.27. The van der Waals surface area contributed by atoms with Crippen LogP contribution < -0.4 is 0 Å². The summed E-state index contributed by atoms with van der Waals surface area (Å²) in [6.45, 7) is 18.0. The molecule has 0 N–H and O–H groups in total. The van der Waals surface area contributed by atoms with E-state index in [1.165, 1.54) is 0 Å². The quantitative estimate of drug-likeness (QED) is 0.179. The number of alkyl halides is 1. The molecule has 0 aliphatic rings. The Bertz CT molecular complexity index is 292. The fraction of sp³-hybridized carbons (Fsp3) is 1.00. The molecule has 0 fully saturated rings.